The summed E-state index contributed by atoms with van der Waals surface area (Å²) in [4.78, 5) is 0. The fourth-order valence-corrected chi connectivity index (χ4v) is 0. The first-order valence-corrected chi connectivity index (χ1v) is 0.333. The second-order valence-corrected chi connectivity index (χ2v) is 0. The van der Waals surface area contributed by atoms with Crippen LogP contribution in [0.4, 0.5) is 0 Å². The molecule has 36 valence electrons. The van der Waals surface area contributed by atoms with Gasteiger partial charge in [-0.2, -0.15) is 0 Å². The van der Waals surface area contributed by atoms with Crippen molar-refractivity contribution < 1.29 is 19.5 Å². The van der Waals surface area contributed by atoms with Crippen LogP contribution in [0.25, 0.3) is 0 Å². The third-order valence-electron chi connectivity index (χ3n) is 0. The predicted molar refractivity (Wildman–Crippen MR) is 21.2 cm³/mol. The Kier molecular flexibility index (Phi) is 1860. The SMILES string of the molecule is NN.[CH3-].[CH3-].[Ru+2]. The van der Waals surface area contributed by atoms with E-state index in [9.17, 15) is 0 Å². The average Bonchev–Trinajstić information content (AvgIpc) is 1.00. The van der Waals surface area contributed by atoms with Crippen molar-refractivity contribution >= 4 is 0 Å². The third-order valence-corrected chi connectivity index (χ3v) is 0. The van der Waals surface area contributed by atoms with Crippen molar-refractivity contribution in [2.75, 3.05) is 0 Å². The molecule has 0 aromatic heterocycles. The zero-order valence-electron chi connectivity index (χ0n) is 3.51. The Labute approximate surface area is 46.6 Å². The molecule has 5 heavy (non-hydrogen) atoms. The van der Waals surface area contributed by atoms with E-state index in [-0.39, 0.29) is 34.3 Å². The second-order valence-electron chi connectivity index (χ2n) is 0. The van der Waals surface area contributed by atoms with Gasteiger partial charge in [0.1, 0.15) is 0 Å². The zero-order chi connectivity index (χ0) is 2.00. The number of nitrogens with two attached hydrogens (primary N) is 2. The first-order chi connectivity index (χ1) is 1.00. The Balaban J connectivity index is -0.00000000167. The Bertz CT molecular complexity index is 7.61. The Morgan fingerprint density at radius 2 is 0.800 bits per heavy atom. The number of hydrogen-bond acceptors (Lipinski definition) is 2. The maximum Gasteiger partial charge on any atom is 2.00 e. The molecule has 0 saturated carbocycles. The molecule has 0 heterocycles. The van der Waals surface area contributed by atoms with Gasteiger partial charge in [0.2, 0.25) is 0 Å². The summed E-state index contributed by atoms with van der Waals surface area (Å²) in [5.41, 5.74) is 0. The molecule has 0 unspecified atom stereocenters. The van der Waals surface area contributed by atoms with E-state index in [1.54, 1.807) is 0 Å². The van der Waals surface area contributed by atoms with Crippen LogP contribution >= 0.6 is 0 Å². The summed E-state index contributed by atoms with van der Waals surface area (Å²) in [5.74, 6) is 8.00. The van der Waals surface area contributed by atoms with Crippen molar-refractivity contribution in [2.24, 2.45) is 11.7 Å². The van der Waals surface area contributed by atoms with E-state index in [0.717, 1.165) is 0 Å². The first-order valence-electron chi connectivity index (χ1n) is 0.333. The topological polar surface area (TPSA) is 52.0 Å². The van der Waals surface area contributed by atoms with Crippen LogP contribution in [0, 0.1) is 14.9 Å². The first kappa shape index (κ1) is 48.0. The maximum atomic E-state index is 4.00. The van der Waals surface area contributed by atoms with Gasteiger partial charge in [-0.3, -0.25) is 11.7 Å². The molecule has 0 aliphatic rings. The quantitative estimate of drug-likeness (QED) is 0.223. The Hall–Kier alpha value is 0.543. The van der Waals surface area contributed by atoms with Gasteiger partial charge in [-0.15, -0.1) is 0 Å². The van der Waals surface area contributed by atoms with Gasteiger partial charge in [0, 0.05) is 0 Å². The normalized spacial score (nSPS) is 1.20. The molecule has 0 fully saturated rings. The van der Waals surface area contributed by atoms with Gasteiger partial charge in [-0.25, -0.2) is 0 Å². The van der Waals surface area contributed by atoms with Crippen LogP contribution < -0.4 is 11.7 Å². The Morgan fingerprint density at radius 3 is 0.800 bits per heavy atom. The molecule has 0 spiro atoms. The molecule has 0 aromatic carbocycles. The van der Waals surface area contributed by atoms with Crippen LogP contribution in [-0.2, 0) is 19.5 Å². The monoisotopic (exact) mass is 164 g/mol. The molecule has 0 aliphatic heterocycles. The molecular weight excluding hydrogens is 153 g/mol. The summed E-state index contributed by atoms with van der Waals surface area (Å²) >= 11 is 0. The van der Waals surface area contributed by atoms with Crippen LogP contribution in [0.1, 0.15) is 0 Å². The minimum atomic E-state index is 0. The van der Waals surface area contributed by atoms with E-state index in [1.165, 1.54) is 0 Å². The van der Waals surface area contributed by atoms with Crippen LogP contribution in [-0.4, -0.2) is 0 Å². The molecule has 0 amide bonds. The van der Waals surface area contributed by atoms with Gasteiger partial charge in [-0.05, 0) is 0 Å². The molecule has 0 aromatic rings. The smallest absolute Gasteiger partial charge is 0.358 e. The number of rotatable bonds is 0. The van der Waals surface area contributed by atoms with E-state index < -0.39 is 0 Å². The minimum absolute atomic E-state index is 0. The van der Waals surface area contributed by atoms with Crippen molar-refractivity contribution in [1.82, 2.24) is 0 Å². The van der Waals surface area contributed by atoms with Crippen molar-refractivity contribution in [3.05, 3.63) is 14.9 Å². The summed E-state index contributed by atoms with van der Waals surface area (Å²) in [6, 6.07) is 0. The molecule has 0 atom stereocenters. The molecule has 4 N–H and O–H groups in total. The van der Waals surface area contributed by atoms with E-state index in [4.69, 9.17) is 0 Å². The molecule has 0 saturated heterocycles. The van der Waals surface area contributed by atoms with E-state index in [0.29, 0.717) is 0 Å². The van der Waals surface area contributed by atoms with Crippen molar-refractivity contribution in [3.8, 4) is 0 Å². The summed E-state index contributed by atoms with van der Waals surface area (Å²) < 4.78 is 0. The van der Waals surface area contributed by atoms with E-state index in [1.807, 2.05) is 0 Å². The predicted octanol–water partition coefficient (Wildman–Crippen LogP) is -0.283. The van der Waals surface area contributed by atoms with E-state index in [2.05, 4.69) is 11.7 Å². The molecule has 0 radical (unpaired) electrons. The van der Waals surface area contributed by atoms with Crippen molar-refractivity contribution in [1.29, 1.82) is 0 Å². The fraction of sp³-hybridized carbons (Fsp3) is 0. The van der Waals surface area contributed by atoms with Gasteiger partial charge in [0.05, 0.1) is 0 Å². The molecule has 2 nitrogen and oxygen atoms in total. The standard InChI is InChI=1S/2CH3.H4N2.Ru/c;;1-2;/h2*1H3;1-2H2;/q2*-1;;+2. The van der Waals surface area contributed by atoms with Gasteiger partial charge in [-0.1, -0.05) is 0 Å². The van der Waals surface area contributed by atoms with Crippen LogP contribution in [0.5, 0.6) is 0 Å². The minimum Gasteiger partial charge on any atom is -0.358 e. The Morgan fingerprint density at radius 1 is 0.800 bits per heavy atom. The zero-order valence-corrected chi connectivity index (χ0v) is 5.25. The molecule has 0 bridgehead atoms. The van der Waals surface area contributed by atoms with E-state index >= 15 is 0 Å². The van der Waals surface area contributed by atoms with Gasteiger partial charge >= 0.3 is 19.5 Å². The van der Waals surface area contributed by atoms with Gasteiger partial charge in [0.25, 0.3) is 0 Å². The van der Waals surface area contributed by atoms with Gasteiger partial charge < -0.3 is 14.9 Å². The maximum absolute atomic E-state index is 4.00. The van der Waals surface area contributed by atoms with Crippen molar-refractivity contribution in [3.63, 3.8) is 0 Å². The number of hydrazine groups is 1. The largest absolute Gasteiger partial charge is 2.00 e. The van der Waals surface area contributed by atoms with Crippen LogP contribution in [0.2, 0.25) is 0 Å². The molecule has 0 aliphatic carbocycles. The average molecular weight is 163 g/mol. The van der Waals surface area contributed by atoms with Gasteiger partial charge in [0.15, 0.2) is 0 Å². The third kappa shape index (κ3) is 99.5. The fourth-order valence-electron chi connectivity index (χ4n) is 0. The molecule has 0 rings (SSSR count). The summed E-state index contributed by atoms with van der Waals surface area (Å²) in [5, 5.41) is 0. The summed E-state index contributed by atoms with van der Waals surface area (Å²) in [7, 11) is 0. The van der Waals surface area contributed by atoms with Crippen LogP contribution in [0.3, 0.4) is 0 Å². The second kappa shape index (κ2) is 193. The van der Waals surface area contributed by atoms with Crippen LogP contribution in [0.15, 0.2) is 0 Å². The molecular formula is C2H10N2Ru. The van der Waals surface area contributed by atoms with Crippen molar-refractivity contribution in [2.45, 2.75) is 0 Å². The summed E-state index contributed by atoms with van der Waals surface area (Å²) in [6.07, 6.45) is 0. The number of hydrogen-bond donors (Lipinski definition) is 2. The molecule has 3 heteroatoms. The summed E-state index contributed by atoms with van der Waals surface area (Å²) in [6.45, 7) is 0.